The zero-order valence-corrected chi connectivity index (χ0v) is 14.6. The van der Waals surface area contributed by atoms with E-state index in [1.807, 2.05) is 30.3 Å². The molecule has 0 unspecified atom stereocenters. The number of fused-ring (bicyclic) bond motifs is 1. The van der Waals surface area contributed by atoms with Gasteiger partial charge in [-0.05, 0) is 25.0 Å². The molecule has 1 amide bonds. The van der Waals surface area contributed by atoms with Crippen LogP contribution in [0, 0.1) is 0 Å². The Bertz CT molecular complexity index is 930. The van der Waals surface area contributed by atoms with E-state index in [-0.39, 0.29) is 23.7 Å². The van der Waals surface area contributed by atoms with Crippen molar-refractivity contribution in [1.29, 1.82) is 0 Å². The fraction of sp³-hybridized carbons (Fsp3) is 0.190. The Morgan fingerprint density at radius 3 is 2.31 bits per heavy atom. The number of aliphatic hydroxyl groups is 1. The first-order valence-electron chi connectivity index (χ1n) is 8.28. The molecule has 5 heteroatoms. The summed E-state index contributed by atoms with van der Waals surface area (Å²) in [6.07, 6.45) is 0. The van der Waals surface area contributed by atoms with Crippen LogP contribution in [0.3, 0.4) is 0 Å². The van der Waals surface area contributed by atoms with Crippen LogP contribution in [0.5, 0.6) is 0 Å². The van der Waals surface area contributed by atoms with Crippen molar-refractivity contribution in [2.24, 2.45) is 0 Å². The van der Waals surface area contributed by atoms with Crippen molar-refractivity contribution in [1.82, 2.24) is 5.32 Å². The summed E-state index contributed by atoms with van der Waals surface area (Å²) in [5.74, 6) is -1.85. The smallest absolute Gasteiger partial charge is 0.259 e. The summed E-state index contributed by atoms with van der Waals surface area (Å²) in [4.78, 5) is 37.1. The minimum atomic E-state index is -1.12. The Labute approximate surface area is 151 Å². The van der Waals surface area contributed by atoms with Gasteiger partial charge in [0.05, 0.1) is 12.0 Å². The van der Waals surface area contributed by atoms with Gasteiger partial charge in [0.2, 0.25) is 0 Å². The maximum absolute atomic E-state index is 13.3. The van der Waals surface area contributed by atoms with Crippen LogP contribution in [0.4, 0.5) is 0 Å². The predicted octanol–water partition coefficient (Wildman–Crippen LogP) is 2.55. The van der Waals surface area contributed by atoms with Gasteiger partial charge in [0.15, 0.2) is 5.78 Å². The number of hydrogen-bond donors (Lipinski definition) is 2. The van der Waals surface area contributed by atoms with Crippen molar-refractivity contribution in [3.63, 3.8) is 0 Å². The summed E-state index contributed by atoms with van der Waals surface area (Å²) < 4.78 is 0. The third kappa shape index (κ3) is 2.71. The number of ketones is 2. The highest BCUT2D eigenvalue weighted by Gasteiger charge is 2.47. The first-order valence-corrected chi connectivity index (χ1v) is 8.28. The first kappa shape index (κ1) is 17.6. The average molecular weight is 349 g/mol. The molecular formula is C21H19NO4. The summed E-state index contributed by atoms with van der Waals surface area (Å²) >= 11 is 0. The molecule has 0 saturated carbocycles. The number of aliphatic hydroxyl groups excluding tert-OH is 1. The molecule has 1 aliphatic carbocycles. The van der Waals surface area contributed by atoms with Gasteiger partial charge in [0.25, 0.3) is 5.91 Å². The lowest BCUT2D eigenvalue weighted by Gasteiger charge is -2.35. The van der Waals surface area contributed by atoms with Crippen LogP contribution in [0.15, 0.2) is 60.2 Å². The third-order valence-electron chi connectivity index (χ3n) is 4.71. The van der Waals surface area contributed by atoms with Gasteiger partial charge in [0, 0.05) is 5.56 Å². The number of nitrogens with one attached hydrogen (secondary N) is 1. The summed E-state index contributed by atoms with van der Waals surface area (Å²) in [7, 11) is 0. The van der Waals surface area contributed by atoms with Gasteiger partial charge in [0.1, 0.15) is 17.1 Å². The SMILES string of the molecule is CC(=O)CNC(=O)C1=C(O)c2ccccc2[C@](C)(c2ccccc2)C1=O. The van der Waals surface area contributed by atoms with Gasteiger partial charge in [-0.25, -0.2) is 0 Å². The van der Waals surface area contributed by atoms with E-state index in [4.69, 9.17) is 0 Å². The molecule has 26 heavy (non-hydrogen) atoms. The minimum Gasteiger partial charge on any atom is -0.506 e. The molecule has 0 fully saturated rings. The molecule has 2 aromatic carbocycles. The lowest BCUT2D eigenvalue weighted by atomic mass is 9.66. The molecule has 5 nitrogen and oxygen atoms in total. The second-order valence-corrected chi connectivity index (χ2v) is 6.47. The van der Waals surface area contributed by atoms with E-state index < -0.39 is 17.1 Å². The van der Waals surface area contributed by atoms with Crippen LogP contribution in [-0.2, 0) is 19.8 Å². The molecule has 0 radical (unpaired) electrons. The number of benzene rings is 2. The maximum atomic E-state index is 13.3. The number of rotatable bonds is 4. The zero-order chi connectivity index (χ0) is 18.9. The Morgan fingerprint density at radius 1 is 1.04 bits per heavy atom. The minimum absolute atomic E-state index is 0.202. The van der Waals surface area contributed by atoms with Crippen LogP contribution in [0.2, 0.25) is 0 Å². The predicted molar refractivity (Wildman–Crippen MR) is 97.6 cm³/mol. The van der Waals surface area contributed by atoms with E-state index in [9.17, 15) is 19.5 Å². The van der Waals surface area contributed by atoms with Crippen molar-refractivity contribution in [3.05, 3.63) is 76.9 Å². The fourth-order valence-corrected chi connectivity index (χ4v) is 3.30. The van der Waals surface area contributed by atoms with Crippen LogP contribution >= 0.6 is 0 Å². The largest absolute Gasteiger partial charge is 0.506 e. The molecular weight excluding hydrogens is 330 g/mol. The summed E-state index contributed by atoms with van der Waals surface area (Å²) in [5, 5.41) is 13.0. The first-order chi connectivity index (χ1) is 12.4. The van der Waals surface area contributed by atoms with Crippen molar-refractivity contribution >= 4 is 23.2 Å². The molecule has 2 N–H and O–H groups in total. The second kappa shape index (κ2) is 6.59. The Hall–Kier alpha value is -3.21. The van der Waals surface area contributed by atoms with Crippen molar-refractivity contribution in [2.75, 3.05) is 6.54 Å². The number of carbonyl (C=O) groups is 3. The number of carbonyl (C=O) groups excluding carboxylic acids is 3. The topological polar surface area (TPSA) is 83.5 Å². The van der Waals surface area contributed by atoms with Crippen molar-refractivity contribution < 1.29 is 19.5 Å². The molecule has 132 valence electrons. The van der Waals surface area contributed by atoms with Gasteiger partial charge in [-0.3, -0.25) is 14.4 Å². The van der Waals surface area contributed by atoms with Gasteiger partial charge >= 0.3 is 0 Å². The maximum Gasteiger partial charge on any atom is 0.259 e. The highest BCUT2D eigenvalue weighted by Crippen LogP contribution is 2.43. The van der Waals surface area contributed by atoms with Crippen LogP contribution < -0.4 is 5.32 Å². The molecule has 0 heterocycles. The van der Waals surface area contributed by atoms with Gasteiger partial charge in [-0.15, -0.1) is 0 Å². The van der Waals surface area contributed by atoms with Gasteiger partial charge in [-0.2, -0.15) is 0 Å². The van der Waals surface area contributed by atoms with E-state index in [1.165, 1.54) is 6.92 Å². The number of amides is 1. The van der Waals surface area contributed by atoms with E-state index in [0.717, 1.165) is 5.56 Å². The van der Waals surface area contributed by atoms with E-state index in [1.54, 1.807) is 31.2 Å². The van der Waals surface area contributed by atoms with Crippen LogP contribution in [0.25, 0.3) is 5.76 Å². The van der Waals surface area contributed by atoms with E-state index >= 15 is 0 Å². The monoisotopic (exact) mass is 349 g/mol. The van der Waals surface area contributed by atoms with Crippen molar-refractivity contribution in [3.8, 4) is 0 Å². The lowest BCUT2D eigenvalue weighted by molar-refractivity contribution is -0.126. The molecule has 0 aromatic heterocycles. The Balaban J connectivity index is 2.20. The Morgan fingerprint density at radius 2 is 1.65 bits per heavy atom. The molecule has 0 aliphatic heterocycles. The molecule has 3 rings (SSSR count). The molecule has 1 atom stereocenters. The number of hydrogen-bond acceptors (Lipinski definition) is 4. The van der Waals surface area contributed by atoms with Gasteiger partial charge < -0.3 is 10.4 Å². The van der Waals surface area contributed by atoms with Gasteiger partial charge in [-0.1, -0.05) is 54.6 Å². The average Bonchev–Trinajstić information content (AvgIpc) is 2.65. The van der Waals surface area contributed by atoms with Crippen LogP contribution in [-0.4, -0.2) is 29.1 Å². The standard InChI is InChI=1S/C21H19NO4/c1-13(23)12-22-20(26)17-18(24)15-10-6-7-11-16(15)21(2,19(17)25)14-8-4-3-5-9-14/h3-11,24H,12H2,1-2H3,(H,22,26)/t21-/m0/s1. The summed E-state index contributed by atoms with van der Waals surface area (Å²) in [5.41, 5.74) is 0.355. The highest BCUT2D eigenvalue weighted by molar-refractivity contribution is 6.29. The summed E-state index contributed by atoms with van der Waals surface area (Å²) in [6.45, 7) is 2.88. The third-order valence-corrected chi connectivity index (χ3v) is 4.71. The Kier molecular flexibility index (Phi) is 4.47. The molecule has 0 spiro atoms. The number of Topliss-reactive ketones (excluding diaryl/α,β-unsaturated/α-hetero) is 2. The van der Waals surface area contributed by atoms with Crippen LogP contribution in [0.1, 0.15) is 30.5 Å². The van der Waals surface area contributed by atoms with E-state index in [2.05, 4.69) is 5.32 Å². The second-order valence-electron chi connectivity index (χ2n) is 6.47. The zero-order valence-electron chi connectivity index (χ0n) is 14.6. The molecule has 2 aromatic rings. The summed E-state index contributed by atoms with van der Waals surface area (Å²) in [6, 6.07) is 16.1. The fourth-order valence-electron chi connectivity index (χ4n) is 3.30. The highest BCUT2D eigenvalue weighted by atomic mass is 16.3. The van der Waals surface area contributed by atoms with Crippen molar-refractivity contribution in [2.45, 2.75) is 19.3 Å². The molecule has 0 saturated heterocycles. The molecule has 1 aliphatic rings. The lowest BCUT2D eigenvalue weighted by Crippen LogP contribution is -2.44. The normalized spacial score (nSPS) is 19.1. The quantitative estimate of drug-likeness (QED) is 0.831. The molecule has 0 bridgehead atoms. The van der Waals surface area contributed by atoms with E-state index in [0.29, 0.717) is 11.1 Å².